The Morgan fingerprint density at radius 1 is 1.32 bits per heavy atom. The summed E-state index contributed by atoms with van der Waals surface area (Å²) in [6, 6.07) is 7.84. The molecule has 0 aliphatic rings. The normalized spacial score (nSPS) is 10.5. The van der Waals surface area contributed by atoms with Crippen LogP contribution in [0.25, 0.3) is 11.3 Å². The van der Waals surface area contributed by atoms with Crippen molar-refractivity contribution in [1.82, 2.24) is 15.3 Å². The quantitative estimate of drug-likeness (QED) is 0.919. The molecule has 0 saturated heterocycles. The molecule has 1 N–H and O–H groups in total. The van der Waals surface area contributed by atoms with Crippen molar-refractivity contribution < 1.29 is 4.74 Å². The lowest BCUT2D eigenvalue weighted by Crippen LogP contribution is -2.12. The Kier molecular flexibility index (Phi) is 4.87. The van der Waals surface area contributed by atoms with Crippen LogP contribution in [0.15, 0.2) is 34.9 Å². The molecule has 1 aromatic carbocycles. The number of hydrogen-bond acceptors (Lipinski definition) is 4. The number of methoxy groups -OCH3 is 1. The van der Waals surface area contributed by atoms with Gasteiger partial charge in [0.1, 0.15) is 11.6 Å². The molecule has 0 saturated carbocycles. The van der Waals surface area contributed by atoms with Crippen LogP contribution < -0.4 is 10.1 Å². The summed E-state index contributed by atoms with van der Waals surface area (Å²) in [5.41, 5.74) is 1.96. The molecule has 0 radical (unpaired) electrons. The number of benzene rings is 1. The number of ether oxygens (including phenoxy) is 1. The molecule has 2 aromatic rings. The van der Waals surface area contributed by atoms with Gasteiger partial charge in [0.2, 0.25) is 0 Å². The average Bonchev–Trinajstić information content (AvgIpc) is 2.45. The topological polar surface area (TPSA) is 47.0 Å². The minimum atomic E-state index is 0.813. The molecule has 0 spiro atoms. The fourth-order valence-electron chi connectivity index (χ4n) is 1.74. The highest BCUT2D eigenvalue weighted by atomic mass is 79.9. The lowest BCUT2D eigenvalue weighted by Gasteiger charge is -2.07. The molecular weight excluding hydrogens is 306 g/mol. The molecule has 4 nitrogen and oxygen atoms in total. The highest BCUT2D eigenvalue weighted by Crippen LogP contribution is 2.29. The molecule has 100 valence electrons. The number of hydrogen-bond donors (Lipinski definition) is 1. The van der Waals surface area contributed by atoms with Crippen molar-refractivity contribution in [1.29, 1.82) is 0 Å². The zero-order valence-corrected chi connectivity index (χ0v) is 12.6. The van der Waals surface area contributed by atoms with Gasteiger partial charge in [-0.2, -0.15) is 0 Å². The van der Waals surface area contributed by atoms with E-state index in [0.717, 1.165) is 40.3 Å². The summed E-state index contributed by atoms with van der Waals surface area (Å²) >= 11 is 3.49. The van der Waals surface area contributed by atoms with Gasteiger partial charge >= 0.3 is 0 Å². The number of nitrogens with one attached hydrogen (secondary N) is 1. The molecule has 0 aliphatic heterocycles. The molecule has 0 unspecified atom stereocenters. The van der Waals surface area contributed by atoms with E-state index in [4.69, 9.17) is 4.74 Å². The Hall–Kier alpha value is -1.46. The van der Waals surface area contributed by atoms with Gasteiger partial charge in [-0.25, -0.2) is 9.97 Å². The van der Waals surface area contributed by atoms with Crippen LogP contribution in [0.2, 0.25) is 0 Å². The molecule has 2 rings (SSSR count). The van der Waals surface area contributed by atoms with Gasteiger partial charge in [0.25, 0.3) is 0 Å². The minimum Gasteiger partial charge on any atom is -0.496 e. The van der Waals surface area contributed by atoms with E-state index in [2.05, 4.69) is 31.2 Å². The second-order valence-corrected chi connectivity index (χ2v) is 4.92. The third-order valence-corrected chi connectivity index (χ3v) is 3.37. The van der Waals surface area contributed by atoms with Gasteiger partial charge in [-0.15, -0.1) is 0 Å². The van der Waals surface area contributed by atoms with Gasteiger partial charge < -0.3 is 10.1 Å². The number of aromatic nitrogens is 2. The van der Waals surface area contributed by atoms with Gasteiger partial charge in [-0.1, -0.05) is 0 Å². The van der Waals surface area contributed by atoms with Crippen molar-refractivity contribution in [2.75, 3.05) is 20.7 Å². The summed E-state index contributed by atoms with van der Waals surface area (Å²) in [4.78, 5) is 8.84. The van der Waals surface area contributed by atoms with E-state index in [9.17, 15) is 0 Å². The van der Waals surface area contributed by atoms with Crippen molar-refractivity contribution in [3.05, 3.63) is 40.8 Å². The van der Waals surface area contributed by atoms with E-state index in [1.54, 1.807) is 13.3 Å². The van der Waals surface area contributed by atoms with Gasteiger partial charge in [0.05, 0.1) is 17.3 Å². The molecule has 0 bridgehead atoms. The fourth-order valence-corrected chi connectivity index (χ4v) is 2.28. The van der Waals surface area contributed by atoms with Crippen molar-refractivity contribution in [2.45, 2.75) is 6.42 Å². The van der Waals surface area contributed by atoms with E-state index in [1.165, 1.54) is 0 Å². The molecule has 1 heterocycles. The molecule has 5 heteroatoms. The van der Waals surface area contributed by atoms with Crippen LogP contribution in [0.3, 0.4) is 0 Å². The monoisotopic (exact) mass is 321 g/mol. The van der Waals surface area contributed by atoms with E-state index in [0.29, 0.717) is 0 Å². The lowest BCUT2D eigenvalue weighted by atomic mass is 10.1. The van der Waals surface area contributed by atoms with Gasteiger partial charge in [0, 0.05) is 24.7 Å². The van der Waals surface area contributed by atoms with Crippen molar-refractivity contribution in [3.63, 3.8) is 0 Å². The van der Waals surface area contributed by atoms with Crippen LogP contribution in [0.5, 0.6) is 5.75 Å². The van der Waals surface area contributed by atoms with Crippen LogP contribution in [-0.2, 0) is 6.42 Å². The molecule has 19 heavy (non-hydrogen) atoms. The summed E-state index contributed by atoms with van der Waals surface area (Å²) in [7, 11) is 3.57. The van der Waals surface area contributed by atoms with E-state index in [-0.39, 0.29) is 0 Å². The van der Waals surface area contributed by atoms with Crippen LogP contribution in [0.1, 0.15) is 5.82 Å². The fraction of sp³-hybridized carbons (Fsp3) is 0.286. The van der Waals surface area contributed by atoms with E-state index < -0.39 is 0 Å². The van der Waals surface area contributed by atoms with Crippen LogP contribution >= 0.6 is 15.9 Å². The molecule has 1 aromatic heterocycles. The second-order valence-electron chi connectivity index (χ2n) is 4.06. The van der Waals surface area contributed by atoms with E-state index >= 15 is 0 Å². The number of halogens is 1. The Morgan fingerprint density at radius 3 is 2.84 bits per heavy atom. The maximum Gasteiger partial charge on any atom is 0.133 e. The van der Waals surface area contributed by atoms with Gasteiger partial charge in [-0.3, -0.25) is 0 Å². The Morgan fingerprint density at radius 2 is 2.16 bits per heavy atom. The maximum absolute atomic E-state index is 5.22. The van der Waals surface area contributed by atoms with Crippen LogP contribution in [0, 0.1) is 0 Å². The van der Waals surface area contributed by atoms with Crippen molar-refractivity contribution >= 4 is 15.9 Å². The number of likely N-dealkylation sites (N-methyl/N-ethyl adjacent to an activating group) is 1. The first-order chi connectivity index (χ1) is 9.24. The van der Waals surface area contributed by atoms with Crippen molar-refractivity contribution in [3.8, 4) is 17.0 Å². The van der Waals surface area contributed by atoms with Gasteiger partial charge in [-0.05, 0) is 47.2 Å². The summed E-state index contributed by atoms with van der Waals surface area (Å²) in [6.07, 6.45) is 2.62. The van der Waals surface area contributed by atoms with E-state index in [1.807, 2.05) is 31.3 Å². The zero-order valence-electron chi connectivity index (χ0n) is 11.0. The Labute approximate surface area is 121 Å². The summed E-state index contributed by atoms with van der Waals surface area (Å²) < 4.78 is 6.14. The predicted octanol–water partition coefficient (Wildman–Crippen LogP) is 2.68. The maximum atomic E-state index is 5.22. The first kappa shape index (κ1) is 14.0. The predicted molar refractivity (Wildman–Crippen MR) is 79.4 cm³/mol. The minimum absolute atomic E-state index is 0.813. The van der Waals surface area contributed by atoms with Crippen LogP contribution in [0.4, 0.5) is 0 Å². The molecule has 0 atom stereocenters. The summed E-state index contributed by atoms with van der Waals surface area (Å²) in [6.45, 7) is 0.871. The first-order valence-corrected chi connectivity index (χ1v) is 6.84. The highest BCUT2D eigenvalue weighted by molar-refractivity contribution is 9.10. The first-order valence-electron chi connectivity index (χ1n) is 6.05. The average molecular weight is 322 g/mol. The third-order valence-electron chi connectivity index (χ3n) is 2.75. The SMILES string of the molecule is CNCCc1nccc(-c2ccc(OC)c(Br)c2)n1. The molecule has 0 aliphatic carbocycles. The van der Waals surface area contributed by atoms with Crippen LogP contribution in [-0.4, -0.2) is 30.7 Å². The van der Waals surface area contributed by atoms with Gasteiger partial charge in [0.15, 0.2) is 0 Å². The molecular formula is C14H16BrN3O. The third kappa shape index (κ3) is 3.52. The largest absolute Gasteiger partial charge is 0.496 e. The smallest absolute Gasteiger partial charge is 0.133 e. The summed E-state index contributed by atoms with van der Waals surface area (Å²) in [5, 5.41) is 3.10. The standard InChI is InChI=1S/C14H16BrN3O/c1-16-7-6-14-17-8-5-12(18-14)10-3-4-13(19-2)11(15)9-10/h3-5,8-9,16H,6-7H2,1-2H3. The zero-order chi connectivity index (χ0) is 13.7. The lowest BCUT2D eigenvalue weighted by molar-refractivity contribution is 0.412. The molecule has 0 amide bonds. The Balaban J connectivity index is 2.28. The molecule has 0 fully saturated rings. The summed E-state index contributed by atoms with van der Waals surface area (Å²) in [5.74, 6) is 1.66. The Bertz CT molecular complexity index is 560. The second kappa shape index (κ2) is 6.63. The number of rotatable bonds is 5. The van der Waals surface area contributed by atoms with Crippen molar-refractivity contribution in [2.24, 2.45) is 0 Å². The highest BCUT2D eigenvalue weighted by Gasteiger charge is 2.06. The number of nitrogens with zero attached hydrogens (tertiary/aromatic N) is 2.